The Bertz CT molecular complexity index is 786. The van der Waals surface area contributed by atoms with Gasteiger partial charge in [0.1, 0.15) is 0 Å². The van der Waals surface area contributed by atoms with Crippen LogP contribution in [0.1, 0.15) is 12.5 Å². The first-order chi connectivity index (χ1) is 14.0. The average Bonchev–Trinajstić information content (AvgIpc) is 2.74. The summed E-state index contributed by atoms with van der Waals surface area (Å²) in [6.45, 7) is 10.1. The molecular formula is C20H33N5O2S2. The van der Waals surface area contributed by atoms with Gasteiger partial charge in [-0.25, -0.2) is 12.7 Å². The Hall–Kier alpha value is -1.45. The van der Waals surface area contributed by atoms with Crippen LogP contribution in [0.15, 0.2) is 29.3 Å². The number of nitrogens with zero attached hydrogens (tertiary/aromatic N) is 4. The summed E-state index contributed by atoms with van der Waals surface area (Å²) >= 11 is 1.81. The van der Waals surface area contributed by atoms with Crippen LogP contribution in [-0.2, 0) is 10.0 Å². The van der Waals surface area contributed by atoms with E-state index in [1.807, 2.05) is 18.7 Å². The third kappa shape index (κ3) is 6.26. The number of nitrogens with one attached hydrogen (secondary N) is 1. The van der Waals surface area contributed by atoms with Gasteiger partial charge in [-0.2, -0.15) is 11.8 Å². The van der Waals surface area contributed by atoms with E-state index in [2.05, 4.69) is 51.3 Å². The molecule has 0 atom stereocenters. The predicted octanol–water partition coefficient (Wildman–Crippen LogP) is 1.46. The number of aryl methyl sites for hydroxylation is 1. The fourth-order valence-corrected chi connectivity index (χ4v) is 6.10. The Morgan fingerprint density at radius 2 is 1.86 bits per heavy atom. The Morgan fingerprint density at radius 3 is 2.52 bits per heavy atom. The van der Waals surface area contributed by atoms with Gasteiger partial charge in [0.2, 0.25) is 10.0 Å². The molecule has 0 amide bonds. The minimum atomic E-state index is -3.22. The summed E-state index contributed by atoms with van der Waals surface area (Å²) in [4.78, 5) is 9.26. The molecule has 0 aliphatic carbocycles. The number of guanidine groups is 1. The lowest BCUT2D eigenvalue weighted by Crippen LogP contribution is -2.52. The summed E-state index contributed by atoms with van der Waals surface area (Å²) in [6.07, 6.45) is 0. The standard InChI is InChI=1S/C20H33N5O2S2/c1-3-21-20(22-7-16-29(26,27)25-12-14-28-15-13-25)24-10-8-23(9-11-24)19-6-4-5-18(2)17-19/h4-6,17H,3,7-16H2,1-2H3,(H,21,22). The second-order valence-corrected chi connectivity index (χ2v) is 10.7. The van der Waals surface area contributed by atoms with E-state index in [0.717, 1.165) is 50.2 Å². The maximum absolute atomic E-state index is 12.5. The normalized spacial score (nSPS) is 19.4. The SMILES string of the molecule is CCNC(=NCCS(=O)(=O)N1CCSCC1)N1CCN(c2cccc(C)c2)CC1. The molecule has 0 radical (unpaired) electrons. The molecule has 9 heteroatoms. The highest BCUT2D eigenvalue weighted by atomic mass is 32.2. The number of sulfonamides is 1. The fraction of sp³-hybridized carbons (Fsp3) is 0.650. The van der Waals surface area contributed by atoms with E-state index >= 15 is 0 Å². The van der Waals surface area contributed by atoms with Crippen LogP contribution in [-0.4, -0.2) is 93.2 Å². The van der Waals surface area contributed by atoms with Crippen LogP contribution in [0.25, 0.3) is 0 Å². The van der Waals surface area contributed by atoms with Gasteiger partial charge in [0.25, 0.3) is 0 Å². The van der Waals surface area contributed by atoms with Crippen molar-refractivity contribution in [1.82, 2.24) is 14.5 Å². The van der Waals surface area contributed by atoms with Gasteiger partial charge in [-0.1, -0.05) is 12.1 Å². The number of benzene rings is 1. The first-order valence-corrected chi connectivity index (χ1v) is 13.2. The highest BCUT2D eigenvalue weighted by Gasteiger charge is 2.24. The maximum atomic E-state index is 12.5. The molecule has 2 aliphatic heterocycles. The predicted molar refractivity (Wildman–Crippen MR) is 124 cm³/mol. The lowest BCUT2D eigenvalue weighted by Gasteiger charge is -2.37. The van der Waals surface area contributed by atoms with Crippen LogP contribution in [0.2, 0.25) is 0 Å². The van der Waals surface area contributed by atoms with Crippen molar-refractivity contribution in [2.24, 2.45) is 4.99 Å². The molecule has 0 saturated carbocycles. The van der Waals surface area contributed by atoms with Gasteiger partial charge in [0.15, 0.2) is 5.96 Å². The lowest BCUT2D eigenvalue weighted by molar-refractivity contribution is 0.373. The van der Waals surface area contributed by atoms with E-state index in [1.165, 1.54) is 11.3 Å². The van der Waals surface area contributed by atoms with Crippen molar-refractivity contribution in [1.29, 1.82) is 0 Å². The molecular weight excluding hydrogens is 406 g/mol. The van der Waals surface area contributed by atoms with Crippen molar-refractivity contribution < 1.29 is 8.42 Å². The molecule has 2 saturated heterocycles. The highest BCUT2D eigenvalue weighted by molar-refractivity contribution is 7.99. The fourth-order valence-electron chi connectivity index (χ4n) is 3.65. The van der Waals surface area contributed by atoms with Gasteiger partial charge in [-0.15, -0.1) is 0 Å². The quantitative estimate of drug-likeness (QED) is 0.535. The monoisotopic (exact) mass is 439 g/mol. The highest BCUT2D eigenvalue weighted by Crippen LogP contribution is 2.18. The summed E-state index contributed by atoms with van der Waals surface area (Å²) in [5.41, 5.74) is 2.53. The zero-order valence-electron chi connectivity index (χ0n) is 17.5. The van der Waals surface area contributed by atoms with Crippen molar-refractivity contribution in [2.45, 2.75) is 13.8 Å². The van der Waals surface area contributed by atoms with Crippen molar-refractivity contribution in [3.63, 3.8) is 0 Å². The maximum Gasteiger partial charge on any atom is 0.215 e. The lowest BCUT2D eigenvalue weighted by atomic mass is 10.2. The largest absolute Gasteiger partial charge is 0.368 e. The third-order valence-corrected chi connectivity index (χ3v) is 8.05. The second kappa shape index (κ2) is 10.5. The van der Waals surface area contributed by atoms with Crippen LogP contribution in [0.5, 0.6) is 0 Å². The summed E-state index contributed by atoms with van der Waals surface area (Å²) in [5, 5.41) is 3.33. The van der Waals surface area contributed by atoms with Crippen molar-refractivity contribution >= 4 is 33.4 Å². The molecule has 7 nitrogen and oxygen atoms in total. The minimum Gasteiger partial charge on any atom is -0.368 e. The third-order valence-electron chi connectivity index (χ3n) is 5.26. The molecule has 2 heterocycles. The van der Waals surface area contributed by atoms with E-state index in [4.69, 9.17) is 0 Å². The minimum absolute atomic E-state index is 0.0792. The molecule has 0 aromatic heterocycles. The molecule has 2 fully saturated rings. The molecule has 3 rings (SSSR count). The Balaban J connectivity index is 1.55. The number of rotatable bonds is 6. The number of aliphatic imine (C=N–C) groups is 1. The van der Waals surface area contributed by atoms with Crippen LogP contribution in [0, 0.1) is 6.92 Å². The number of hydrogen-bond acceptors (Lipinski definition) is 5. The van der Waals surface area contributed by atoms with Gasteiger partial charge < -0.3 is 15.1 Å². The van der Waals surface area contributed by atoms with Gasteiger partial charge in [0.05, 0.1) is 12.3 Å². The summed E-state index contributed by atoms with van der Waals surface area (Å²) in [5.74, 6) is 2.67. The Kier molecular flexibility index (Phi) is 8.08. The van der Waals surface area contributed by atoms with Crippen LogP contribution < -0.4 is 10.2 Å². The first-order valence-electron chi connectivity index (χ1n) is 10.4. The molecule has 162 valence electrons. The molecule has 1 N–H and O–H groups in total. The van der Waals surface area contributed by atoms with E-state index in [-0.39, 0.29) is 5.75 Å². The molecule has 0 unspecified atom stereocenters. The first kappa shape index (κ1) is 22.2. The number of thioether (sulfide) groups is 1. The smallest absolute Gasteiger partial charge is 0.215 e. The topological polar surface area (TPSA) is 68.2 Å². The van der Waals surface area contributed by atoms with Crippen LogP contribution >= 0.6 is 11.8 Å². The summed E-state index contributed by atoms with van der Waals surface area (Å²) < 4.78 is 26.7. The Labute approximate surface area is 179 Å². The summed E-state index contributed by atoms with van der Waals surface area (Å²) in [6, 6.07) is 8.60. The number of piperazine rings is 1. The van der Waals surface area contributed by atoms with Gasteiger partial charge in [-0.05, 0) is 31.5 Å². The number of anilines is 1. The molecule has 1 aromatic rings. The number of hydrogen-bond donors (Lipinski definition) is 1. The van der Waals surface area contributed by atoms with Crippen molar-refractivity contribution in [3.05, 3.63) is 29.8 Å². The van der Waals surface area contributed by atoms with E-state index in [0.29, 0.717) is 19.6 Å². The molecule has 1 aromatic carbocycles. The molecule has 0 bridgehead atoms. The second-order valence-electron chi connectivity index (χ2n) is 7.38. The van der Waals surface area contributed by atoms with Gasteiger partial charge in [0, 0.05) is 63.0 Å². The van der Waals surface area contributed by atoms with Crippen LogP contribution in [0.3, 0.4) is 0 Å². The zero-order valence-corrected chi connectivity index (χ0v) is 19.1. The van der Waals surface area contributed by atoms with E-state index < -0.39 is 10.0 Å². The molecule has 29 heavy (non-hydrogen) atoms. The average molecular weight is 440 g/mol. The van der Waals surface area contributed by atoms with Gasteiger partial charge in [-0.3, -0.25) is 4.99 Å². The van der Waals surface area contributed by atoms with E-state index in [1.54, 1.807) is 4.31 Å². The summed E-state index contributed by atoms with van der Waals surface area (Å²) in [7, 11) is -3.22. The zero-order chi connectivity index (χ0) is 20.7. The molecule has 0 spiro atoms. The van der Waals surface area contributed by atoms with Crippen molar-refractivity contribution in [2.75, 3.05) is 74.5 Å². The van der Waals surface area contributed by atoms with E-state index in [9.17, 15) is 8.42 Å². The van der Waals surface area contributed by atoms with Gasteiger partial charge >= 0.3 is 0 Å². The molecule has 2 aliphatic rings. The van der Waals surface area contributed by atoms with Crippen LogP contribution in [0.4, 0.5) is 5.69 Å². The van der Waals surface area contributed by atoms with Crippen molar-refractivity contribution in [3.8, 4) is 0 Å². The Morgan fingerprint density at radius 1 is 1.14 bits per heavy atom.